The van der Waals surface area contributed by atoms with E-state index in [-0.39, 0.29) is 0 Å². The fraction of sp³-hybridized carbons (Fsp3) is 0. The Morgan fingerprint density at radius 3 is 1.50 bits per heavy atom. The molecule has 62 heavy (non-hydrogen) atoms. The molecule has 290 valence electrons. The largest absolute Gasteiger partial charge is 0.308 e. The maximum absolute atomic E-state index is 5.49. The summed E-state index contributed by atoms with van der Waals surface area (Å²) in [5.74, 6) is 1.42. The van der Waals surface area contributed by atoms with Crippen LogP contribution >= 0.6 is 0 Å². The Kier molecular flexibility index (Phi) is 8.42. The molecular weight excluding hydrogens is 755 g/mol. The van der Waals surface area contributed by atoms with Crippen molar-refractivity contribution in [3.63, 3.8) is 0 Å². The van der Waals surface area contributed by atoms with Crippen molar-refractivity contribution in [1.82, 2.24) is 19.2 Å². The first kappa shape index (κ1) is 35.5. The lowest BCUT2D eigenvalue weighted by Crippen LogP contribution is -2.45. The van der Waals surface area contributed by atoms with Crippen LogP contribution in [0.5, 0.6) is 0 Å². The molecule has 5 nitrogen and oxygen atoms in total. The summed E-state index contributed by atoms with van der Waals surface area (Å²) < 4.78 is 6.91. The molecule has 3 heterocycles. The minimum atomic E-state index is 0.652. The van der Waals surface area contributed by atoms with Gasteiger partial charge in [0.25, 0.3) is 12.2 Å². The molecule has 5 heteroatoms. The number of hydrogen-bond acceptors (Lipinski definition) is 2. The van der Waals surface area contributed by atoms with Crippen LogP contribution in [-0.4, -0.2) is 19.2 Å². The van der Waals surface area contributed by atoms with Crippen LogP contribution in [0.2, 0.25) is 0 Å². The zero-order valence-electron chi connectivity index (χ0n) is 33.7. The van der Waals surface area contributed by atoms with Gasteiger partial charge < -0.3 is 4.57 Å². The molecule has 12 rings (SSSR count). The molecule has 0 aliphatic carbocycles. The second-order valence-corrected chi connectivity index (χ2v) is 15.7. The van der Waals surface area contributed by atoms with E-state index in [2.05, 4.69) is 232 Å². The molecule has 0 aliphatic rings. The van der Waals surface area contributed by atoms with Crippen LogP contribution < -0.4 is 4.68 Å². The van der Waals surface area contributed by atoms with Gasteiger partial charge in [0.05, 0.1) is 27.7 Å². The van der Waals surface area contributed by atoms with E-state index in [0.717, 1.165) is 77.7 Å². The van der Waals surface area contributed by atoms with Crippen molar-refractivity contribution in [3.05, 3.63) is 231 Å². The summed E-state index contributed by atoms with van der Waals surface area (Å²) in [7, 11) is 0. The summed E-state index contributed by atoms with van der Waals surface area (Å²) in [6, 6.07) is 79.7. The first-order valence-electron chi connectivity index (χ1n) is 21.0. The number of benzene rings is 9. The third-order valence-corrected chi connectivity index (χ3v) is 12.1. The smallest absolute Gasteiger partial charge is 0.307 e. The van der Waals surface area contributed by atoms with Gasteiger partial charge in [-0.25, -0.2) is 0 Å². The maximum atomic E-state index is 5.49. The maximum Gasteiger partial charge on any atom is 0.308 e. The third kappa shape index (κ3) is 5.90. The standard InChI is InChI=1S/C57H38N5/c1-4-16-39(17-5-1)42-30-32-43(33-31-42)57-59-56(46-24-14-22-44(36-46)40-18-6-2-7-19-40)58-38-60(57)62-53-29-13-11-27-49(53)51-35-34-50-48-26-10-12-28-52(48)61(54(50)55(51)62)47-25-15-23-45(37-47)41-20-8-3-9-21-41/h1-38H/q+1. The van der Waals surface area contributed by atoms with Crippen molar-refractivity contribution >= 4 is 43.6 Å². The lowest BCUT2D eigenvalue weighted by Gasteiger charge is -2.14. The van der Waals surface area contributed by atoms with Crippen LogP contribution in [0.4, 0.5) is 0 Å². The van der Waals surface area contributed by atoms with Crippen molar-refractivity contribution in [2.45, 2.75) is 0 Å². The van der Waals surface area contributed by atoms with Crippen LogP contribution in [0.25, 0.3) is 105 Å². The summed E-state index contributed by atoms with van der Waals surface area (Å²) in [6.45, 7) is 0. The average molecular weight is 793 g/mol. The zero-order valence-corrected chi connectivity index (χ0v) is 33.7. The molecule has 0 saturated heterocycles. The number of para-hydroxylation sites is 2. The molecule has 0 unspecified atom stereocenters. The highest BCUT2D eigenvalue weighted by molar-refractivity contribution is 6.23. The Bertz CT molecular complexity index is 3610. The highest BCUT2D eigenvalue weighted by Gasteiger charge is 2.27. The average Bonchev–Trinajstić information content (AvgIpc) is 3.88. The summed E-state index contributed by atoms with van der Waals surface area (Å²) >= 11 is 0. The number of rotatable bonds is 7. The lowest BCUT2D eigenvalue weighted by molar-refractivity contribution is -0.715. The van der Waals surface area contributed by atoms with E-state index in [1.54, 1.807) is 0 Å². The van der Waals surface area contributed by atoms with Crippen LogP contribution in [0.1, 0.15) is 0 Å². The molecule has 0 atom stereocenters. The monoisotopic (exact) mass is 792 g/mol. The topological polar surface area (TPSA) is 39.5 Å². The van der Waals surface area contributed by atoms with Crippen LogP contribution in [0.15, 0.2) is 231 Å². The van der Waals surface area contributed by atoms with Gasteiger partial charge in [-0.3, -0.25) is 0 Å². The van der Waals surface area contributed by atoms with Gasteiger partial charge in [-0.05, 0) is 81.9 Å². The normalized spacial score (nSPS) is 11.5. The van der Waals surface area contributed by atoms with E-state index in [1.807, 2.05) is 12.4 Å². The van der Waals surface area contributed by atoms with Gasteiger partial charge >= 0.3 is 5.82 Å². The van der Waals surface area contributed by atoms with Gasteiger partial charge in [0, 0.05) is 27.2 Å². The Morgan fingerprint density at radius 2 is 0.823 bits per heavy atom. The van der Waals surface area contributed by atoms with Gasteiger partial charge in [0.2, 0.25) is 0 Å². The lowest BCUT2D eigenvalue weighted by atomic mass is 10.0. The van der Waals surface area contributed by atoms with Crippen molar-refractivity contribution in [1.29, 1.82) is 0 Å². The molecule has 0 aliphatic heterocycles. The Hall–Kier alpha value is -8.41. The molecule has 3 aromatic heterocycles. The Morgan fingerprint density at radius 1 is 0.339 bits per heavy atom. The van der Waals surface area contributed by atoms with Crippen molar-refractivity contribution in [2.75, 3.05) is 0 Å². The fourth-order valence-electron chi connectivity index (χ4n) is 9.16. The highest BCUT2D eigenvalue weighted by atomic mass is 15.5. The minimum absolute atomic E-state index is 0.652. The molecule has 0 spiro atoms. The minimum Gasteiger partial charge on any atom is -0.307 e. The molecule has 0 radical (unpaired) electrons. The molecular formula is C57H38N5+. The molecule has 0 amide bonds. The van der Waals surface area contributed by atoms with E-state index in [4.69, 9.17) is 9.97 Å². The van der Waals surface area contributed by atoms with Crippen molar-refractivity contribution < 1.29 is 4.68 Å². The van der Waals surface area contributed by atoms with E-state index in [0.29, 0.717) is 5.82 Å². The summed E-state index contributed by atoms with van der Waals surface area (Å²) in [5.41, 5.74) is 14.3. The predicted octanol–water partition coefficient (Wildman–Crippen LogP) is 13.6. The first-order valence-corrected chi connectivity index (χ1v) is 21.0. The van der Waals surface area contributed by atoms with Gasteiger partial charge in [0.15, 0.2) is 0 Å². The number of fused-ring (bicyclic) bond motifs is 7. The number of nitrogens with zero attached hydrogens (tertiary/aromatic N) is 5. The predicted molar refractivity (Wildman–Crippen MR) is 254 cm³/mol. The van der Waals surface area contributed by atoms with Gasteiger partial charge in [-0.2, -0.15) is 4.68 Å². The summed E-state index contributed by atoms with van der Waals surface area (Å²) in [5, 5.41) is 4.66. The fourth-order valence-corrected chi connectivity index (χ4v) is 9.16. The quantitative estimate of drug-likeness (QED) is 0.151. The Labute approximate surface area is 358 Å². The van der Waals surface area contributed by atoms with Gasteiger partial charge in [-0.1, -0.05) is 186 Å². The molecule has 0 bridgehead atoms. The first-order chi connectivity index (χ1) is 30.8. The molecule has 9 aromatic carbocycles. The number of aromatic nitrogens is 5. The van der Waals surface area contributed by atoms with Crippen molar-refractivity contribution in [2.24, 2.45) is 0 Å². The van der Waals surface area contributed by atoms with Crippen LogP contribution in [-0.2, 0) is 0 Å². The zero-order chi connectivity index (χ0) is 41.0. The van der Waals surface area contributed by atoms with Gasteiger partial charge in [0.1, 0.15) is 5.52 Å². The molecule has 12 aromatic rings. The number of hydrogen-bond donors (Lipinski definition) is 0. The SMILES string of the molecule is c1ccc(-c2ccc(-c3nc(-c4cccc(-c5ccccc5)c4)nc[n+]3-n3c4ccccc4c4ccc5c6ccccc6n(-c6cccc(-c7ccccc7)c6)c5c43)cc2)cc1. The van der Waals surface area contributed by atoms with Crippen molar-refractivity contribution in [3.8, 4) is 61.8 Å². The van der Waals surface area contributed by atoms with E-state index in [1.165, 1.54) is 21.9 Å². The molecule has 0 fully saturated rings. The highest BCUT2D eigenvalue weighted by Crippen LogP contribution is 2.41. The van der Waals surface area contributed by atoms with E-state index in [9.17, 15) is 0 Å². The van der Waals surface area contributed by atoms with E-state index >= 15 is 0 Å². The second-order valence-electron chi connectivity index (χ2n) is 15.7. The summed E-state index contributed by atoms with van der Waals surface area (Å²) in [4.78, 5) is 10.7. The molecule has 0 N–H and O–H groups in total. The van der Waals surface area contributed by atoms with Crippen LogP contribution in [0.3, 0.4) is 0 Å². The third-order valence-electron chi connectivity index (χ3n) is 12.1. The molecule has 0 saturated carbocycles. The van der Waals surface area contributed by atoms with Crippen LogP contribution in [0, 0.1) is 0 Å². The summed E-state index contributed by atoms with van der Waals surface area (Å²) in [6.07, 6.45) is 1.95. The van der Waals surface area contributed by atoms with Gasteiger partial charge in [-0.15, -0.1) is 4.68 Å². The van der Waals surface area contributed by atoms with E-state index < -0.39 is 0 Å². The Balaban J connectivity index is 1.15. The second kappa shape index (κ2) is 14.7.